The molecule has 2 bridgehead atoms. The van der Waals surface area contributed by atoms with E-state index in [-0.39, 0.29) is 65.1 Å². The number of imidazole rings is 2. The van der Waals surface area contributed by atoms with E-state index in [2.05, 4.69) is 40.1 Å². The Morgan fingerprint density at radius 1 is 1.03 bits per heavy atom. The molecule has 1 aliphatic carbocycles. The van der Waals surface area contributed by atoms with Crippen LogP contribution in [-0.2, 0) is 52.1 Å². The SMILES string of the molecule is [C-]#[N+]CCOP1(=O)OC[C@H]2O[C@@H](n3cnc4c(NC(=O)c5ccccc5)ncnc43)[C@H](F)[C@@H]2OP(=O)(O)OC[C@H]2C[C@@H](n3cnc4c(=O)[nH]c(CC(=O)C(C)C)nc43)[C@H](O1)[C@@H]2O[Si](C)(C)C(C)(C)C. The predicted octanol–water partition coefficient (Wildman–Crippen LogP) is 6.13. The number of alkyl halides is 1. The quantitative estimate of drug-likeness (QED) is 0.0549. The number of aromatic nitrogens is 8. The fourth-order valence-corrected chi connectivity index (χ4v) is 11.8. The number of H-pyrrole nitrogens is 1. The highest BCUT2D eigenvalue weighted by molar-refractivity contribution is 7.48. The van der Waals surface area contributed by atoms with E-state index < -0.39 is 109 Å². The molecule has 1 aromatic carbocycles. The van der Waals surface area contributed by atoms with E-state index in [1.165, 1.54) is 21.8 Å². The second-order valence-electron chi connectivity index (χ2n) is 18.8. The lowest BCUT2D eigenvalue weighted by Gasteiger charge is -2.41. The molecular weight excluding hydrogens is 962 g/mol. The number of nitrogens with one attached hydrogen (secondary N) is 2. The van der Waals surface area contributed by atoms with Gasteiger partial charge in [0.2, 0.25) is 6.54 Å². The summed E-state index contributed by atoms with van der Waals surface area (Å²) in [5.74, 6) is -1.80. The van der Waals surface area contributed by atoms with E-state index in [0.29, 0.717) is 5.56 Å². The number of phosphoric ester groups is 2. The van der Waals surface area contributed by atoms with Gasteiger partial charge in [0.15, 0.2) is 48.9 Å². The number of ketones is 1. The van der Waals surface area contributed by atoms with Crippen molar-refractivity contribution in [3.8, 4) is 0 Å². The van der Waals surface area contributed by atoms with Gasteiger partial charge >= 0.3 is 15.6 Å². The molecule has 2 unspecified atom stereocenters. The van der Waals surface area contributed by atoms with Crippen LogP contribution in [0.1, 0.15) is 69.5 Å². The maximum atomic E-state index is 17.0. The van der Waals surface area contributed by atoms with Gasteiger partial charge in [-0.1, -0.05) is 52.8 Å². The van der Waals surface area contributed by atoms with Crippen molar-refractivity contribution in [1.82, 2.24) is 39.0 Å². The number of nitrogens with zero attached hydrogens (tertiary/aromatic N) is 8. The highest BCUT2D eigenvalue weighted by Crippen LogP contribution is 2.58. The van der Waals surface area contributed by atoms with Crippen molar-refractivity contribution in [2.45, 2.75) is 108 Å². The molecule has 2 saturated heterocycles. The smallest absolute Gasteiger partial charge is 0.411 e. The molecule has 0 radical (unpaired) electrons. The second-order valence-corrected chi connectivity index (χ2v) is 26.6. The summed E-state index contributed by atoms with van der Waals surface area (Å²) < 4.78 is 91.6. The van der Waals surface area contributed by atoms with Gasteiger partial charge in [0.25, 0.3) is 11.5 Å². The van der Waals surface area contributed by atoms with Gasteiger partial charge in [-0.15, -0.1) is 0 Å². The van der Waals surface area contributed by atoms with Crippen molar-refractivity contribution in [1.29, 1.82) is 0 Å². The zero-order chi connectivity index (χ0) is 49.6. The summed E-state index contributed by atoms with van der Waals surface area (Å²) in [6.07, 6.45) is -6.37. The zero-order valence-electron chi connectivity index (χ0n) is 38.8. The molecule has 5 aromatic rings. The lowest BCUT2D eigenvalue weighted by Crippen LogP contribution is -2.49. The average Bonchev–Trinajstić information content (AvgIpc) is 4.06. The number of carbonyl (C=O) groups excluding carboxylic acids is 2. The molecule has 2 aliphatic heterocycles. The average molecular weight is 1010 g/mol. The van der Waals surface area contributed by atoms with Crippen molar-refractivity contribution in [2.24, 2.45) is 11.8 Å². The van der Waals surface area contributed by atoms with Gasteiger partial charge < -0.3 is 33.8 Å². The summed E-state index contributed by atoms with van der Waals surface area (Å²) in [5, 5.41) is 2.26. The molecule has 1 amide bonds. The van der Waals surface area contributed by atoms with Crippen LogP contribution in [0, 0.1) is 18.4 Å². The normalized spacial score (nSPS) is 29.0. The summed E-state index contributed by atoms with van der Waals surface area (Å²) in [7, 11) is -12.9. The minimum Gasteiger partial charge on any atom is -0.411 e. The van der Waals surface area contributed by atoms with Gasteiger partial charge in [0.1, 0.15) is 42.9 Å². The monoisotopic (exact) mass is 1010 g/mol. The van der Waals surface area contributed by atoms with Crippen LogP contribution in [0.2, 0.25) is 18.1 Å². The van der Waals surface area contributed by atoms with E-state index in [0.717, 1.165) is 6.33 Å². The van der Waals surface area contributed by atoms with Crippen LogP contribution in [0.15, 0.2) is 54.1 Å². The first-order valence-electron chi connectivity index (χ1n) is 22.1. The van der Waals surface area contributed by atoms with Crippen LogP contribution < -0.4 is 10.9 Å². The maximum Gasteiger partial charge on any atom is 0.475 e. The lowest BCUT2D eigenvalue weighted by molar-refractivity contribution is -0.121. The highest BCUT2D eigenvalue weighted by Gasteiger charge is 2.56. The predicted molar refractivity (Wildman–Crippen MR) is 246 cm³/mol. The number of rotatable bonds is 12. The van der Waals surface area contributed by atoms with Crippen molar-refractivity contribution in [2.75, 3.05) is 31.7 Å². The number of halogens is 1. The Hall–Kier alpha value is -4.96. The number of benzene rings is 1. The number of carbonyl (C=O) groups is 2. The third kappa shape index (κ3) is 10.6. The van der Waals surface area contributed by atoms with Crippen LogP contribution >= 0.6 is 15.6 Å². The van der Waals surface area contributed by atoms with Crippen LogP contribution in [0.4, 0.5) is 10.2 Å². The largest absolute Gasteiger partial charge is 0.475 e. The molecule has 27 heteroatoms. The molecule has 1 saturated carbocycles. The Labute approximate surface area is 396 Å². The van der Waals surface area contributed by atoms with E-state index >= 15 is 8.96 Å². The van der Waals surface area contributed by atoms with Crippen molar-refractivity contribution in [3.05, 3.63) is 82.5 Å². The van der Waals surface area contributed by atoms with Crippen molar-refractivity contribution in [3.63, 3.8) is 0 Å². The number of amides is 1. The van der Waals surface area contributed by atoms with Gasteiger partial charge in [0.05, 0.1) is 44.4 Å². The number of fused-ring (bicyclic) bond motifs is 5. The van der Waals surface area contributed by atoms with Crippen LogP contribution in [0.25, 0.3) is 27.2 Å². The first kappa shape index (κ1) is 50.4. The number of Topliss-reactive ketones (excluding diaryl/α,β-unsaturated/α-hetero) is 1. The molecule has 10 atom stereocenters. The second kappa shape index (κ2) is 19.7. The van der Waals surface area contributed by atoms with Gasteiger partial charge in [-0.3, -0.25) is 41.6 Å². The first-order chi connectivity index (χ1) is 32.6. The summed E-state index contributed by atoms with van der Waals surface area (Å²) in [4.78, 5) is 78.2. The molecule has 3 aliphatic rings. The van der Waals surface area contributed by atoms with Crippen LogP contribution in [-0.4, -0.2) is 121 Å². The van der Waals surface area contributed by atoms with Crippen molar-refractivity contribution >= 4 is 63.8 Å². The molecule has 6 heterocycles. The van der Waals surface area contributed by atoms with E-state index in [1.54, 1.807) is 44.2 Å². The summed E-state index contributed by atoms with van der Waals surface area (Å²) in [6.45, 7) is 18.7. The zero-order valence-corrected chi connectivity index (χ0v) is 41.5. The lowest BCUT2D eigenvalue weighted by atomic mass is 10.1. The Morgan fingerprint density at radius 3 is 2.46 bits per heavy atom. The number of phosphoric acid groups is 2. The maximum absolute atomic E-state index is 17.0. The molecule has 0 spiro atoms. The third-order valence-electron chi connectivity index (χ3n) is 12.7. The minimum atomic E-state index is -5.22. The van der Waals surface area contributed by atoms with Gasteiger partial charge in [-0.25, -0.2) is 45.0 Å². The Bertz CT molecular complexity index is 2930. The Balaban J connectivity index is 1.17. The van der Waals surface area contributed by atoms with Gasteiger partial charge in [-0.2, -0.15) is 0 Å². The molecule has 8 rings (SSSR count). The molecule has 23 nitrogen and oxygen atoms in total. The van der Waals surface area contributed by atoms with Gasteiger partial charge in [-0.05, 0) is 36.7 Å². The number of anilines is 1. The fourth-order valence-electron chi connectivity index (χ4n) is 8.04. The van der Waals surface area contributed by atoms with E-state index in [1.807, 2.05) is 33.9 Å². The van der Waals surface area contributed by atoms with E-state index in [4.69, 9.17) is 38.4 Å². The van der Waals surface area contributed by atoms with Gasteiger partial charge in [0, 0.05) is 17.4 Å². The molecule has 3 fully saturated rings. The standard InChI is InChI=1S/C42H53FN10O13P2Si/c1-23(2)27(54)17-29-49-38-32(40(56)50-29)48-21-52(38)26-16-25-18-61-67(57,58)64-35-28(19-62-68(59,60-15-14-44-6)65-34(26)33(25)66-69(7,8)42(3,4)5)63-41(30(35)43)53-22-47-31-36(45-20-46-37(31)53)51-39(55)24-12-10-9-11-13-24/h9-13,20-23,25-26,28,30,33-35,41H,14-19H2,1-5,7-8H3,(H,57,58)(H,49,50,56)(H,45,46,51,55)/t25-,26-,28-,30-,33-,34+,35-,41-,68?/m1/s1. The highest BCUT2D eigenvalue weighted by atomic mass is 31.2. The first-order valence-corrected chi connectivity index (χ1v) is 28.0. The van der Waals surface area contributed by atoms with Crippen molar-refractivity contribution < 1.29 is 59.8 Å². The molecule has 370 valence electrons. The fraction of sp³-hybridized carbons (Fsp3) is 0.548. The Kier molecular flexibility index (Phi) is 14.4. The number of hydrogen-bond donors (Lipinski definition) is 3. The number of hydrogen-bond acceptors (Lipinski definition) is 17. The molecular formula is C42H53FN10O13P2Si. The minimum absolute atomic E-state index is 0.00257. The number of aromatic amines is 1. The third-order valence-corrected chi connectivity index (χ3v) is 19.7. The Morgan fingerprint density at radius 2 is 1.75 bits per heavy atom. The van der Waals surface area contributed by atoms with E-state index in [9.17, 15) is 23.8 Å². The summed E-state index contributed by atoms with van der Waals surface area (Å²) in [6, 6.07) is 7.36. The number of ether oxygens (including phenoxy) is 1. The van der Waals surface area contributed by atoms with Crippen LogP contribution in [0.3, 0.4) is 0 Å². The summed E-state index contributed by atoms with van der Waals surface area (Å²) >= 11 is 0. The topological polar surface area (TPSA) is 277 Å². The summed E-state index contributed by atoms with van der Waals surface area (Å²) in [5.41, 5.74) is -0.230. The molecule has 4 aromatic heterocycles. The molecule has 69 heavy (non-hydrogen) atoms. The molecule has 3 N–H and O–H groups in total. The van der Waals surface area contributed by atoms with Crippen LogP contribution in [0.5, 0.6) is 0 Å².